The molecule has 7 nitrogen and oxygen atoms in total. The van der Waals surface area contributed by atoms with Crippen molar-refractivity contribution in [3.05, 3.63) is 28.7 Å². The third-order valence-electron chi connectivity index (χ3n) is 3.69. The van der Waals surface area contributed by atoms with Crippen LogP contribution in [0.5, 0.6) is 0 Å². The first-order valence-electron chi connectivity index (χ1n) is 6.52. The molecule has 2 aliphatic heterocycles. The number of carbonyl (C=O) groups is 3. The number of nitrogens with one attached hydrogen (secondary N) is 1. The average molecular weight is 366 g/mol. The van der Waals surface area contributed by atoms with Crippen molar-refractivity contribution in [2.45, 2.75) is 18.4 Å². The number of hydrogen-bond acceptors (Lipinski definition) is 6. The highest BCUT2D eigenvalue weighted by Crippen LogP contribution is 2.34. The number of carbonyl (C=O) groups excluding carboxylic acids is 3. The topological polar surface area (TPSA) is 88.1 Å². The number of imide groups is 1. The van der Waals surface area contributed by atoms with E-state index >= 15 is 0 Å². The number of amides is 2. The first kappa shape index (κ1) is 14.7. The summed E-state index contributed by atoms with van der Waals surface area (Å²) in [5, 5.41) is 3.85. The van der Waals surface area contributed by atoms with Gasteiger partial charge in [0.15, 0.2) is 0 Å². The second-order valence-corrected chi connectivity index (χ2v) is 6.02. The zero-order chi connectivity index (χ0) is 15.9. The van der Waals surface area contributed by atoms with Crippen LogP contribution in [0.3, 0.4) is 0 Å². The lowest BCUT2D eigenvalue weighted by Crippen LogP contribution is -2.47. The minimum absolute atomic E-state index is 0.0390. The van der Waals surface area contributed by atoms with Crippen molar-refractivity contribution in [3.63, 3.8) is 0 Å². The summed E-state index contributed by atoms with van der Waals surface area (Å²) in [5.74, 6) is -1.35. The maximum absolute atomic E-state index is 12.7. The molecule has 1 saturated heterocycles. The largest absolute Gasteiger partial charge is 0.464 e. The van der Waals surface area contributed by atoms with Crippen molar-refractivity contribution in [2.75, 3.05) is 12.0 Å². The third-order valence-corrected chi connectivity index (χ3v) is 4.22. The highest BCUT2D eigenvalue weighted by molar-refractivity contribution is 9.10. The smallest absolute Gasteiger partial charge is 0.354 e. The highest BCUT2D eigenvalue weighted by atomic mass is 79.9. The minimum Gasteiger partial charge on any atom is -0.464 e. The monoisotopic (exact) mass is 365 g/mol. The van der Waals surface area contributed by atoms with Gasteiger partial charge in [0.1, 0.15) is 11.3 Å². The highest BCUT2D eigenvalue weighted by Gasteiger charge is 2.56. The van der Waals surface area contributed by atoms with Gasteiger partial charge in [-0.05, 0) is 24.3 Å². The van der Waals surface area contributed by atoms with Crippen LogP contribution in [0, 0.1) is 0 Å². The molecule has 2 heterocycles. The summed E-state index contributed by atoms with van der Waals surface area (Å²) in [6, 6.07) is 6.85. The molecule has 2 amide bonds. The summed E-state index contributed by atoms with van der Waals surface area (Å²) >= 11 is 3.31. The number of rotatable bonds is 2. The predicted octanol–water partition coefficient (Wildman–Crippen LogP) is 0.973. The third kappa shape index (κ3) is 2.19. The number of benzene rings is 1. The van der Waals surface area contributed by atoms with Gasteiger partial charge in [0.05, 0.1) is 19.2 Å². The number of hydrogen-bond donors (Lipinski definition) is 1. The van der Waals surface area contributed by atoms with Crippen molar-refractivity contribution in [1.29, 1.82) is 0 Å². The van der Waals surface area contributed by atoms with Crippen LogP contribution in [0.2, 0.25) is 0 Å². The maximum atomic E-state index is 12.7. The Bertz CT molecular complexity index is 701. The van der Waals surface area contributed by atoms with E-state index in [1.54, 1.807) is 24.3 Å². The summed E-state index contributed by atoms with van der Waals surface area (Å²) in [6.45, 7) is 0. The average Bonchev–Trinajstić information content (AvgIpc) is 3.03. The summed E-state index contributed by atoms with van der Waals surface area (Å²) in [7, 11) is 1.24. The Balaban J connectivity index is 1.87. The van der Waals surface area contributed by atoms with Crippen LogP contribution in [0.4, 0.5) is 5.69 Å². The number of esters is 1. The summed E-state index contributed by atoms with van der Waals surface area (Å²) in [4.78, 5) is 37.6. The molecule has 1 fully saturated rings. The fourth-order valence-corrected chi connectivity index (χ4v) is 2.86. The molecule has 1 aromatic rings. The molecule has 22 heavy (non-hydrogen) atoms. The second-order valence-electron chi connectivity index (χ2n) is 5.11. The van der Waals surface area contributed by atoms with E-state index < -0.39 is 17.4 Å². The van der Waals surface area contributed by atoms with E-state index in [2.05, 4.69) is 31.2 Å². The molecule has 0 bridgehead atoms. The second kappa shape index (κ2) is 5.20. The molecule has 1 aromatic carbocycles. The maximum Gasteiger partial charge on any atom is 0.354 e. The number of anilines is 1. The lowest BCUT2D eigenvalue weighted by Gasteiger charge is -2.21. The van der Waals surface area contributed by atoms with Crippen molar-refractivity contribution >= 4 is 45.1 Å². The van der Waals surface area contributed by atoms with E-state index in [0.29, 0.717) is 5.69 Å². The fraction of sp³-hybridized carbons (Fsp3) is 0.286. The van der Waals surface area contributed by atoms with E-state index in [9.17, 15) is 14.4 Å². The molecule has 0 aliphatic carbocycles. The van der Waals surface area contributed by atoms with Crippen LogP contribution in [-0.2, 0) is 19.1 Å². The Morgan fingerprint density at radius 2 is 2.00 bits per heavy atom. The molecule has 1 atom stereocenters. The molecule has 0 unspecified atom stereocenters. The summed E-state index contributed by atoms with van der Waals surface area (Å²) < 4.78 is 5.45. The van der Waals surface area contributed by atoms with Gasteiger partial charge in [-0.3, -0.25) is 15.0 Å². The van der Waals surface area contributed by atoms with Crippen LogP contribution in [0.25, 0.3) is 0 Å². The van der Waals surface area contributed by atoms with E-state index in [1.807, 2.05) is 0 Å². The number of nitrogens with zero attached hydrogens (tertiary/aromatic N) is 2. The van der Waals surface area contributed by atoms with Gasteiger partial charge in [0.2, 0.25) is 5.91 Å². The lowest BCUT2D eigenvalue weighted by molar-refractivity contribution is -0.132. The van der Waals surface area contributed by atoms with E-state index in [-0.39, 0.29) is 24.5 Å². The van der Waals surface area contributed by atoms with Gasteiger partial charge in [-0.25, -0.2) is 9.69 Å². The Hall–Kier alpha value is -2.22. The van der Waals surface area contributed by atoms with Crippen molar-refractivity contribution in [1.82, 2.24) is 5.43 Å². The first-order valence-corrected chi connectivity index (χ1v) is 7.31. The molecule has 8 heteroatoms. The molecule has 0 saturated carbocycles. The SMILES string of the molecule is COC(=O)C1=NN[C@]2(CC(=O)N(c3ccc(Br)cc3)C2=O)C1. The fourth-order valence-electron chi connectivity index (χ4n) is 2.59. The zero-order valence-electron chi connectivity index (χ0n) is 11.6. The van der Waals surface area contributed by atoms with E-state index in [1.165, 1.54) is 7.11 Å². The zero-order valence-corrected chi connectivity index (χ0v) is 13.2. The molecular weight excluding hydrogens is 354 g/mol. The van der Waals surface area contributed by atoms with Gasteiger partial charge in [-0.1, -0.05) is 15.9 Å². The van der Waals surface area contributed by atoms with E-state index in [0.717, 1.165) is 9.37 Å². The Labute approximate surface area is 134 Å². The van der Waals surface area contributed by atoms with E-state index in [4.69, 9.17) is 0 Å². The number of halogens is 1. The minimum atomic E-state index is -1.19. The van der Waals surface area contributed by atoms with Crippen molar-refractivity contribution in [3.8, 4) is 0 Å². The van der Waals surface area contributed by atoms with Gasteiger partial charge < -0.3 is 4.74 Å². The Morgan fingerprint density at radius 3 is 2.64 bits per heavy atom. The molecule has 0 aromatic heterocycles. The van der Waals surface area contributed by atoms with Crippen LogP contribution >= 0.6 is 15.9 Å². The van der Waals surface area contributed by atoms with Crippen molar-refractivity contribution in [2.24, 2.45) is 5.10 Å². The molecule has 1 N–H and O–H groups in total. The molecule has 1 spiro atoms. The summed E-state index contributed by atoms with van der Waals surface area (Å²) in [6.07, 6.45) is -0.0107. The number of ether oxygens (including phenoxy) is 1. The van der Waals surface area contributed by atoms with Gasteiger partial charge >= 0.3 is 5.97 Å². The number of methoxy groups -OCH3 is 1. The Kier molecular flexibility index (Phi) is 3.48. The van der Waals surface area contributed by atoms with Crippen LogP contribution in [0.15, 0.2) is 33.8 Å². The normalized spacial score (nSPS) is 23.7. The van der Waals surface area contributed by atoms with Gasteiger partial charge in [0, 0.05) is 10.9 Å². The number of hydrazone groups is 1. The van der Waals surface area contributed by atoms with Crippen molar-refractivity contribution < 1.29 is 19.1 Å². The molecule has 3 rings (SSSR count). The molecule has 0 radical (unpaired) electrons. The van der Waals surface area contributed by atoms with Crippen LogP contribution in [0.1, 0.15) is 12.8 Å². The predicted molar refractivity (Wildman–Crippen MR) is 81.2 cm³/mol. The van der Waals surface area contributed by atoms with Gasteiger partial charge in [-0.15, -0.1) is 0 Å². The quantitative estimate of drug-likeness (QED) is 0.623. The van der Waals surface area contributed by atoms with Gasteiger partial charge in [-0.2, -0.15) is 5.10 Å². The molecule has 2 aliphatic rings. The first-order chi connectivity index (χ1) is 10.5. The Morgan fingerprint density at radius 1 is 1.32 bits per heavy atom. The summed E-state index contributed by atoms with van der Waals surface area (Å²) in [5.41, 5.74) is 2.07. The standard InChI is InChI=1S/C14H12BrN3O4/c1-22-12(20)10-6-14(17-16-10)7-11(19)18(13(14)21)9-4-2-8(15)3-5-9/h2-5,17H,6-7H2,1H3/t14-/m0/s1. The molecular formula is C14H12BrN3O4. The van der Waals surface area contributed by atoms with Crippen LogP contribution in [-0.4, -0.2) is 36.1 Å². The molecule has 114 valence electrons. The lowest BCUT2D eigenvalue weighted by atomic mass is 9.93. The van der Waals surface area contributed by atoms with Crippen LogP contribution < -0.4 is 10.3 Å². The van der Waals surface area contributed by atoms with Gasteiger partial charge in [0.25, 0.3) is 5.91 Å².